The Morgan fingerprint density at radius 1 is 1.17 bits per heavy atom. The van der Waals surface area contributed by atoms with Crippen molar-refractivity contribution in [3.05, 3.63) is 58.9 Å². The van der Waals surface area contributed by atoms with Gasteiger partial charge in [0.2, 0.25) is 0 Å². The van der Waals surface area contributed by atoms with Crippen molar-refractivity contribution in [3.8, 4) is 11.3 Å². The number of amides is 1. The van der Waals surface area contributed by atoms with Gasteiger partial charge in [0.25, 0.3) is 5.91 Å². The fourth-order valence-corrected chi connectivity index (χ4v) is 4.63. The second-order valence-electron chi connectivity index (χ2n) is 8.15. The molecular weight excluding hydrogens is 367 g/mol. The number of carbonyl (C=O) groups excluding carboxylic acids is 1. The Kier molecular flexibility index (Phi) is 4.60. The number of aromatic amines is 1. The van der Waals surface area contributed by atoms with Crippen molar-refractivity contribution in [1.82, 2.24) is 20.5 Å². The molecule has 0 saturated carbocycles. The normalized spacial score (nSPS) is 19.9. The Hall–Kier alpha value is -2.70. The number of benzene rings is 2. The third-order valence-electron chi connectivity index (χ3n) is 5.97. The van der Waals surface area contributed by atoms with Gasteiger partial charge in [0.05, 0.1) is 5.56 Å². The molecule has 29 heavy (non-hydrogen) atoms. The molecule has 0 aliphatic carbocycles. The zero-order valence-electron chi connectivity index (χ0n) is 16.5. The minimum atomic E-state index is -0.399. The molecule has 2 aromatic carbocycles. The Bertz CT molecular complexity index is 1070. The van der Waals surface area contributed by atoms with Gasteiger partial charge in [-0.25, -0.2) is 4.39 Å². The summed E-state index contributed by atoms with van der Waals surface area (Å²) in [5.41, 5.74) is 5.51. The van der Waals surface area contributed by atoms with E-state index in [0.29, 0.717) is 23.7 Å². The molecule has 2 aliphatic rings. The van der Waals surface area contributed by atoms with Gasteiger partial charge < -0.3 is 15.6 Å². The fourth-order valence-electron chi connectivity index (χ4n) is 4.63. The largest absolute Gasteiger partial charge is 0.354 e. The molecule has 150 valence electrons. The molecular formula is C23H25FN4O. The van der Waals surface area contributed by atoms with Gasteiger partial charge >= 0.3 is 0 Å². The minimum Gasteiger partial charge on any atom is -0.354 e. The molecule has 3 aromatic rings. The number of rotatable bonds is 3. The highest BCUT2D eigenvalue weighted by molar-refractivity contribution is 6.10. The molecule has 1 saturated heterocycles. The SMILES string of the molecule is C[C@@H]1CN(Cc2ccc(-c3[nH]c4cc(F)cc5c4c3CCNC5=O)cc2)CCN1. The van der Waals surface area contributed by atoms with Crippen LogP contribution < -0.4 is 10.6 Å². The molecule has 0 unspecified atom stereocenters. The number of H-pyrrole nitrogens is 1. The summed E-state index contributed by atoms with van der Waals surface area (Å²) in [7, 11) is 0. The molecule has 1 amide bonds. The van der Waals surface area contributed by atoms with E-state index >= 15 is 0 Å². The van der Waals surface area contributed by atoms with Crippen LogP contribution in [-0.2, 0) is 13.0 Å². The summed E-state index contributed by atoms with van der Waals surface area (Å²) < 4.78 is 14.1. The van der Waals surface area contributed by atoms with Crippen molar-refractivity contribution in [2.24, 2.45) is 0 Å². The lowest BCUT2D eigenvalue weighted by atomic mass is 9.99. The van der Waals surface area contributed by atoms with E-state index in [4.69, 9.17) is 0 Å². The van der Waals surface area contributed by atoms with E-state index in [1.54, 1.807) is 0 Å². The average molecular weight is 392 g/mol. The van der Waals surface area contributed by atoms with Crippen LogP contribution in [0.2, 0.25) is 0 Å². The summed E-state index contributed by atoms with van der Waals surface area (Å²) in [5, 5.41) is 7.19. The van der Waals surface area contributed by atoms with E-state index in [1.165, 1.54) is 17.7 Å². The van der Waals surface area contributed by atoms with Crippen LogP contribution in [0.3, 0.4) is 0 Å². The third kappa shape index (κ3) is 3.43. The second-order valence-corrected chi connectivity index (χ2v) is 8.15. The van der Waals surface area contributed by atoms with Gasteiger partial charge in [-0.1, -0.05) is 24.3 Å². The zero-order chi connectivity index (χ0) is 20.0. The van der Waals surface area contributed by atoms with Crippen LogP contribution in [0, 0.1) is 5.82 Å². The van der Waals surface area contributed by atoms with E-state index in [2.05, 4.69) is 51.7 Å². The molecule has 1 atom stereocenters. The van der Waals surface area contributed by atoms with E-state index < -0.39 is 5.82 Å². The molecule has 5 nitrogen and oxygen atoms in total. The van der Waals surface area contributed by atoms with E-state index in [-0.39, 0.29) is 5.91 Å². The number of nitrogens with one attached hydrogen (secondary N) is 3. The number of piperazine rings is 1. The first kappa shape index (κ1) is 18.3. The monoisotopic (exact) mass is 392 g/mol. The van der Waals surface area contributed by atoms with Gasteiger partial charge in [-0.2, -0.15) is 0 Å². The maximum Gasteiger partial charge on any atom is 0.252 e. The smallest absolute Gasteiger partial charge is 0.252 e. The van der Waals surface area contributed by atoms with Crippen molar-refractivity contribution in [2.75, 3.05) is 26.2 Å². The standard InChI is InChI=1S/C23H25FN4O/c1-14-12-28(9-8-25-14)13-15-2-4-16(5-3-15)22-18-6-7-26-23(29)19-10-17(24)11-20(27-22)21(18)19/h2-5,10-11,14,25,27H,6-9,12-13H2,1H3,(H,26,29)/t14-/m1/s1. The number of carbonyl (C=O) groups is 1. The van der Waals surface area contributed by atoms with Crippen LogP contribution in [0.15, 0.2) is 36.4 Å². The van der Waals surface area contributed by atoms with Gasteiger partial charge in [-0.15, -0.1) is 0 Å². The Balaban J connectivity index is 1.48. The highest BCUT2D eigenvalue weighted by Crippen LogP contribution is 2.34. The molecule has 0 spiro atoms. The maximum atomic E-state index is 14.1. The second kappa shape index (κ2) is 7.28. The lowest BCUT2D eigenvalue weighted by Crippen LogP contribution is -2.48. The van der Waals surface area contributed by atoms with E-state index in [9.17, 15) is 9.18 Å². The van der Waals surface area contributed by atoms with Gasteiger partial charge in [0, 0.05) is 55.4 Å². The molecule has 3 N–H and O–H groups in total. The quantitative estimate of drug-likeness (QED) is 0.642. The number of nitrogens with zero attached hydrogens (tertiary/aromatic N) is 1. The van der Waals surface area contributed by atoms with Crippen LogP contribution >= 0.6 is 0 Å². The van der Waals surface area contributed by atoms with Gasteiger partial charge in [-0.3, -0.25) is 9.69 Å². The first-order chi connectivity index (χ1) is 14.1. The lowest BCUT2D eigenvalue weighted by molar-refractivity contribution is 0.0957. The fraction of sp³-hybridized carbons (Fsp3) is 0.348. The first-order valence-electron chi connectivity index (χ1n) is 10.3. The number of hydrogen-bond donors (Lipinski definition) is 3. The molecule has 1 fully saturated rings. The number of halogens is 1. The highest BCUT2D eigenvalue weighted by atomic mass is 19.1. The highest BCUT2D eigenvalue weighted by Gasteiger charge is 2.23. The molecule has 5 rings (SSSR count). The average Bonchev–Trinajstić information content (AvgIpc) is 2.97. The van der Waals surface area contributed by atoms with Crippen molar-refractivity contribution in [3.63, 3.8) is 0 Å². The molecule has 1 aromatic heterocycles. The summed E-state index contributed by atoms with van der Waals surface area (Å²) in [6.07, 6.45) is 0.722. The summed E-state index contributed by atoms with van der Waals surface area (Å²) in [4.78, 5) is 18.2. The van der Waals surface area contributed by atoms with Crippen molar-refractivity contribution < 1.29 is 9.18 Å². The molecule has 0 bridgehead atoms. The van der Waals surface area contributed by atoms with Gasteiger partial charge in [0.1, 0.15) is 5.82 Å². The van der Waals surface area contributed by atoms with E-state index in [1.807, 2.05) is 0 Å². The van der Waals surface area contributed by atoms with Crippen molar-refractivity contribution >= 4 is 16.8 Å². The van der Waals surface area contributed by atoms with E-state index in [0.717, 1.165) is 54.8 Å². The van der Waals surface area contributed by atoms with Crippen LogP contribution in [0.5, 0.6) is 0 Å². The molecule has 0 radical (unpaired) electrons. The van der Waals surface area contributed by atoms with Crippen LogP contribution in [0.4, 0.5) is 4.39 Å². The van der Waals surface area contributed by atoms with Gasteiger partial charge in [-0.05, 0) is 42.2 Å². The summed E-state index contributed by atoms with van der Waals surface area (Å²) in [6.45, 7) is 6.87. The molecule has 6 heteroatoms. The number of hydrogen-bond acceptors (Lipinski definition) is 3. The Morgan fingerprint density at radius 2 is 2.00 bits per heavy atom. The summed E-state index contributed by atoms with van der Waals surface area (Å²) >= 11 is 0. The summed E-state index contributed by atoms with van der Waals surface area (Å²) in [5.74, 6) is -0.608. The molecule has 2 aliphatic heterocycles. The third-order valence-corrected chi connectivity index (χ3v) is 5.97. The van der Waals surface area contributed by atoms with Crippen LogP contribution in [0.25, 0.3) is 22.2 Å². The number of aromatic nitrogens is 1. The lowest BCUT2D eigenvalue weighted by Gasteiger charge is -2.31. The first-order valence-corrected chi connectivity index (χ1v) is 10.3. The predicted molar refractivity (Wildman–Crippen MR) is 112 cm³/mol. The topological polar surface area (TPSA) is 60.2 Å². The predicted octanol–water partition coefficient (Wildman–Crippen LogP) is 3.05. The Morgan fingerprint density at radius 3 is 2.79 bits per heavy atom. The van der Waals surface area contributed by atoms with Crippen molar-refractivity contribution in [2.45, 2.75) is 25.9 Å². The zero-order valence-corrected chi connectivity index (χ0v) is 16.5. The Labute approximate surface area is 169 Å². The van der Waals surface area contributed by atoms with Gasteiger partial charge in [0.15, 0.2) is 0 Å². The molecule has 3 heterocycles. The van der Waals surface area contributed by atoms with Crippen LogP contribution in [-0.4, -0.2) is 48.0 Å². The van der Waals surface area contributed by atoms with Crippen molar-refractivity contribution in [1.29, 1.82) is 0 Å². The van der Waals surface area contributed by atoms with Crippen LogP contribution in [0.1, 0.15) is 28.4 Å². The maximum absolute atomic E-state index is 14.1. The summed E-state index contributed by atoms with van der Waals surface area (Å²) in [6, 6.07) is 11.9. The minimum absolute atomic E-state index is 0.209.